The number of benzene rings is 2. The van der Waals surface area contributed by atoms with Crippen molar-refractivity contribution in [2.75, 3.05) is 11.8 Å². The second-order valence-electron chi connectivity index (χ2n) is 5.33. The fourth-order valence-corrected chi connectivity index (χ4v) is 3.88. The number of ether oxygens (including phenoxy) is 1. The number of rotatable bonds is 6. The summed E-state index contributed by atoms with van der Waals surface area (Å²) in [4.78, 5) is 4.31. The van der Waals surface area contributed by atoms with Crippen LogP contribution in [0.3, 0.4) is 0 Å². The van der Waals surface area contributed by atoms with E-state index in [1.54, 1.807) is 37.3 Å². The molecule has 0 aliphatic carbocycles. The largest absolute Gasteiger partial charge is 0.497 e. The number of nitriles is 1. The standard InChI is InChI=1S/C17H15N3O4S2/c1-11(10-18)25-17-19-15-9-14(7-8-16(15)24-17)26(21,22)20-12-3-5-13(23-2)6-4-12/h3-9,11,20H,1-2H3/t11-/m1/s1. The Balaban J connectivity index is 1.86. The van der Waals surface area contributed by atoms with Crippen LogP contribution in [-0.4, -0.2) is 25.8 Å². The highest BCUT2D eigenvalue weighted by Gasteiger charge is 2.17. The summed E-state index contributed by atoms with van der Waals surface area (Å²) in [5.41, 5.74) is 1.29. The van der Waals surface area contributed by atoms with Crippen molar-refractivity contribution in [3.05, 3.63) is 42.5 Å². The van der Waals surface area contributed by atoms with Crippen molar-refractivity contribution in [1.82, 2.24) is 4.98 Å². The first-order valence-electron chi connectivity index (χ1n) is 7.55. The maximum absolute atomic E-state index is 12.6. The normalized spacial score (nSPS) is 12.5. The lowest BCUT2D eigenvalue weighted by Crippen LogP contribution is -2.12. The van der Waals surface area contributed by atoms with E-state index < -0.39 is 10.0 Å². The van der Waals surface area contributed by atoms with Gasteiger partial charge in [-0.15, -0.1) is 0 Å². The van der Waals surface area contributed by atoms with Crippen LogP contribution in [0.25, 0.3) is 11.1 Å². The Morgan fingerprint density at radius 2 is 2.00 bits per heavy atom. The van der Waals surface area contributed by atoms with Crippen LogP contribution in [0.1, 0.15) is 6.92 Å². The van der Waals surface area contributed by atoms with E-state index in [0.717, 1.165) is 0 Å². The van der Waals surface area contributed by atoms with Gasteiger partial charge < -0.3 is 9.15 Å². The van der Waals surface area contributed by atoms with Gasteiger partial charge in [-0.3, -0.25) is 4.72 Å². The van der Waals surface area contributed by atoms with Crippen LogP contribution in [-0.2, 0) is 10.0 Å². The Hall–Kier alpha value is -2.70. The number of hydrogen-bond donors (Lipinski definition) is 1. The molecule has 0 spiro atoms. The third-order valence-corrected chi connectivity index (χ3v) is 5.67. The number of methoxy groups -OCH3 is 1. The van der Waals surface area contributed by atoms with Crippen molar-refractivity contribution in [3.63, 3.8) is 0 Å². The molecule has 3 aromatic rings. The van der Waals surface area contributed by atoms with Gasteiger partial charge in [0.25, 0.3) is 15.2 Å². The van der Waals surface area contributed by atoms with Gasteiger partial charge in [0, 0.05) is 5.69 Å². The Labute approximate surface area is 155 Å². The summed E-state index contributed by atoms with van der Waals surface area (Å²) in [6.45, 7) is 1.73. The van der Waals surface area contributed by atoms with Crippen molar-refractivity contribution in [1.29, 1.82) is 5.26 Å². The van der Waals surface area contributed by atoms with E-state index in [2.05, 4.69) is 15.8 Å². The fourth-order valence-electron chi connectivity index (χ4n) is 2.15. The Morgan fingerprint density at radius 1 is 1.27 bits per heavy atom. The third-order valence-electron chi connectivity index (χ3n) is 3.45. The number of nitrogens with one attached hydrogen (secondary N) is 1. The van der Waals surface area contributed by atoms with Gasteiger partial charge in [0.15, 0.2) is 5.58 Å². The van der Waals surface area contributed by atoms with Gasteiger partial charge in [-0.25, -0.2) is 13.4 Å². The number of fused-ring (bicyclic) bond motifs is 1. The molecule has 7 nitrogen and oxygen atoms in total. The van der Waals surface area contributed by atoms with Gasteiger partial charge >= 0.3 is 0 Å². The van der Waals surface area contributed by atoms with Crippen molar-refractivity contribution < 1.29 is 17.6 Å². The van der Waals surface area contributed by atoms with Crippen LogP contribution in [0.2, 0.25) is 0 Å². The molecular formula is C17H15N3O4S2. The predicted molar refractivity (Wildman–Crippen MR) is 98.7 cm³/mol. The molecule has 0 saturated heterocycles. The number of aromatic nitrogens is 1. The van der Waals surface area contributed by atoms with E-state index in [1.165, 1.54) is 31.0 Å². The Bertz CT molecular complexity index is 1070. The number of sulfonamides is 1. The lowest BCUT2D eigenvalue weighted by Gasteiger charge is -2.08. The topological polar surface area (TPSA) is 105 Å². The molecule has 1 N–H and O–H groups in total. The van der Waals surface area contributed by atoms with Gasteiger partial charge in [-0.1, -0.05) is 0 Å². The zero-order valence-corrected chi connectivity index (χ0v) is 15.6. The molecule has 2 aromatic carbocycles. The summed E-state index contributed by atoms with van der Waals surface area (Å²) in [6, 6.07) is 13.1. The molecule has 0 radical (unpaired) electrons. The number of hydrogen-bond acceptors (Lipinski definition) is 7. The van der Waals surface area contributed by atoms with Gasteiger partial charge in [-0.05, 0) is 61.2 Å². The van der Waals surface area contributed by atoms with Crippen molar-refractivity contribution in [3.8, 4) is 11.8 Å². The minimum absolute atomic E-state index is 0.0685. The zero-order valence-electron chi connectivity index (χ0n) is 14.0. The first-order chi connectivity index (χ1) is 12.4. The average Bonchev–Trinajstić information content (AvgIpc) is 3.03. The van der Waals surface area contributed by atoms with Crippen molar-refractivity contribution in [2.24, 2.45) is 0 Å². The number of nitrogens with zero attached hydrogens (tertiary/aromatic N) is 2. The first kappa shape index (κ1) is 18.1. The van der Waals surface area contributed by atoms with Gasteiger partial charge in [0.1, 0.15) is 11.3 Å². The van der Waals surface area contributed by atoms with Crippen LogP contribution in [0.4, 0.5) is 5.69 Å². The summed E-state index contributed by atoms with van der Waals surface area (Å²) in [5.74, 6) is 0.633. The Kier molecular flexibility index (Phi) is 5.06. The monoisotopic (exact) mass is 389 g/mol. The molecular weight excluding hydrogens is 374 g/mol. The summed E-state index contributed by atoms with van der Waals surface area (Å²) < 4.78 is 38.2. The zero-order chi connectivity index (χ0) is 18.7. The second-order valence-corrected chi connectivity index (χ2v) is 8.31. The van der Waals surface area contributed by atoms with Crippen LogP contribution in [0, 0.1) is 11.3 Å². The van der Waals surface area contributed by atoms with Gasteiger partial charge in [0.05, 0.1) is 23.3 Å². The fraction of sp³-hybridized carbons (Fsp3) is 0.176. The molecule has 0 bridgehead atoms. The van der Waals surface area contributed by atoms with E-state index in [1.807, 2.05) is 0 Å². The molecule has 0 amide bonds. The van der Waals surface area contributed by atoms with Crippen LogP contribution < -0.4 is 9.46 Å². The molecule has 0 fully saturated rings. The summed E-state index contributed by atoms with van der Waals surface area (Å²) >= 11 is 1.17. The molecule has 1 atom stereocenters. The lowest BCUT2D eigenvalue weighted by molar-refractivity contribution is 0.415. The minimum atomic E-state index is -3.77. The first-order valence-corrected chi connectivity index (χ1v) is 9.91. The number of thioether (sulfide) groups is 1. The Morgan fingerprint density at radius 3 is 2.65 bits per heavy atom. The lowest BCUT2D eigenvalue weighted by atomic mass is 10.3. The van der Waals surface area contributed by atoms with Crippen molar-refractivity contribution in [2.45, 2.75) is 22.3 Å². The quantitative estimate of drug-likeness (QED) is 0.642. The molecule has 0 aliphatic heterocycles. The highest BCUT2D eigenvalue weighted by atomic mass is 32.2. The van der Waals surface area contributed by atoms with E-state index in [0.29, 0.717) is 27.8 Å². The highest BCUT2D eigenvalue weighted by Crippen LogP contribution is 2.28. The third kappa shape index (κ3) is 3.92. The molecule has 1 aromatic heterocycles. The van der Waals surface area contributed by atoms with E-state index in [9.17, 15) is 8.42 Å². The van der Waals surface area contributed by atoms with Crippen LogP contribution >= 0.6 is 11.8 Å². The van der Waals surface area contributed by atoms with E-state index >= 15 is 0 Å². The minimum Gasteiger partial charge on any atom is -0.497 e. The smallest absolute Gasteiger partial charge is 0.261 e. The maximum Gasteiger partial charge on any atom is 0.261 e. The molecule has 134 valence electrons. The SMILES string of the molecule is COc1ccc(NS(=O)(=O)c2ccc3oc(S[C@H](C)C#N)nc3c2)cc1. The number of oxazole rings is 1. The predicted octanol–water partition coefficient (Wildman–Crippen LogP) is 3.64. The molecule has 3 rings (SSSR count). The van der Waals surface area contributed by atoms with Crippen LogP contribution in [0.5, 0.6) is 5.75 Å². The summed E-state index contributed by atoms with van der Waals surface area (Å²) in [5, 5.41) is 8.87. The number of anilines is 1. The van der Waals surface area contributed by atoms with E-state index in [4.69, 9.17) is 14.4 Å². The summed E-state index contributed by atoms with van der Waals surface area (Å²) in [6.07, 6.45) is 0. The average molecular weight is 389 g/mol. The molecule has 0 saturated carbocycles. The van der Waals surface area contributed by atoms with Gasteiger partial charge in [0.2, 0.25) is 0 Å². The molecule has 1 heterocycles. The summed E-state index contributed by atoms with van der Waals surface area (Å²) in [7, 11) is -2.24. The molecule has 0 aliphatic rings. The molecule has 9 heteroatoms. The van der Waals surface area contributed by atoms with Gasteiger partial charge in [-0.2, -0.15) is 5.26 Å². The molecule has 0 unspecified atom stereocenters. The van der Waals surface area contributed by atoms with Crippen molar-refractivity contribution >= 4 is 38.6 Å². The highest BCUT2D eigenvalue weighted by molar-refractivity contribution is 7.99. The maximum atomic E-state index is 12.6. The van der Waals surface area contributed by atoms with Crippen LogP contribution in [0.15, 0.2) is 57.0 Å². The molecule has 26 heavy (non-hydrogen) atoms. The van der Waals surface area contributed by atoms with E-state index in [-0.39, 0.29) is 10.1 Å². The second kappa shape index (κ2) is 7.27.